The van der Waals surface area contributed by atoms with E-state index in [-0.39, 0.29) is 16.3 Å². The number of halogens is 4. The summed E-state index contributed by atoms with van der Waals surface area (Å²) in [4.78, 5) is 3.65. The molecule has 1 unspecified atom stereocenters. The Labute approximate surface area is 154 Å². The second-order valence-corrected chi connectivity index (χ2v) is 8.09. The Morgan fingerprint density at radius 3 is 2.19 bits per heavy atom. The average Bonchev–Trinajstić information content (AvgIpc) is 3.02. The van der Waals surface area contributed by atoms with Crippen LogP contribution in [-0.4, -0.2) is 37.3 Å². The van der Waals surface area contributed by atoms with E-state index in [9.17, 15) is 21.6 Å². The van der Waals surface area contributed by atoms with Gasteiger partial charge in [-0.15, -0.1) is 0 Å². The number of rotatable bonds is 3. The van der Waals surface area contributed by atoms with E-state index in [1.807, 2.05) is 0 Å². The summed E-state index contributed by atoms with van der Waals surface area (Å²) in [5, 5.41) is 0.382. The van der Waals surface area contributed by atoms with Gasteiger partial charge in [-0.2, -0.15) is 13.2 Å². The number of benzene rings is 2. The summed E-state index contributed by atoms with van der Waals surface area (Å²) in [5.74, 6) is -0.246. The molecule has 0 bridgehead atoms. The molecule has 2 aromatic carbocycles. The maximum atomic E-state index is 13.5. The van der Waals surface area contributed by atoms with Crippen LogP contribution in [0.5, 0.6) is 0 Å². The zero-order valence-corrected chi connectivity index (χ0v) is 15.1. The Bertz CT molecular complexity index is 939. The lowest BCUT2D eigenvalue weighted by Gasteiger charge is -2.28. The van der Waals surface area contributed by atoms with Gasteiger partial charge in [0.25, 0.3) is 10.0 Å². The third-order valence-corrected chi connectivity index (χ3v) is 6.03. The molecule has 0 aromatic heterocycles. The largest absolute Gasteiger partial charge is 0.411 e. The van der Waals surface area contributed by atoms with Crippen molar-refractivity contribution in [1.82, 2.24) is 4.31 Å². The second kappa shape index (κ2) is 6.59. The quantitative estimate of drug-likeness (QED) is 0.778. The van der Waals surface area contributed by atoms with Gasteiger partial charge in [-0.25, -0.2) is 12.7 Å². The van der Waals surface area contributed by atoms with Crippen LogP contribution in [0.15, 0.2) is 58.4 Å². The lowest BCUT2D eigenvalue weighted by atomic mass is 10.2. The number of sulfonamides is 1. The first kappa shape index (κ1) is 18.7. The van der Waals surface area contributed by atoms with Crippen molar-refractivity contribution in [2.75, 3.05) is 6.54 Å². The number of aliphatic imine (C=N–C) groups is 1. The molecule has 1 atom stereocenters. The van der Waals surface area contributed by atoms with Crippen molar-refractivity contribution in [3.63, 3.8) is 0 Å². The van der Waals surface area contributed by atoms with Gasteiger partial charge in [0.1, 0.15) is 5.84 Å². The standard InChI is InChI=1S/C17H14ClF3N2O2S/c1-11-2-8-14(9-3-11)26(24,25)23-15(17(19,20)21)10-22-16(23)12-4-6-13(18)7-5-12/h2-9,15H,10H2,1H3. The molecule has 0 saturated carbocycles. The number of alkyl halides is 3. The summed E-state index contributed by atoms with van der Waals surface area (Å²) in [6.45, 7) is 1.07. The van der Waals surface area contributed by atoms with Crippen LogP contribution in [0.2, 0.25) is 5.02 Å². The van der Waals surface area contributed by atoms with Gasteiger partial charge in [0.15, 0.2) is 6.04 Å². The first-order valence-electron chi connectivity index (χ1n) is 7.59. The SMILES string of the molecule is Cc1ccc(S(=O)(=O)N2C(c3ccc(Cl)cc3)=NCC2C(F)(F)F)cc1. The van der Waals surface area contributed by atoms with Crippen molar-refractivity contribution in [2.45, 2.75) is 24.0 Å². The molecular formula is C17H14ClF3N2O2S. The van der Waals surface area contributed by atoms with Gasteiger partial charge in [-0.1, -0.05) is 29.3 Å². The minimum atomic E-state index is -4.75. The second-order valence-electron chi connectivity index (χ2n) is 5.84. The van der Waals surface area contributed by atoms with Crippen LogP contribution >= 0.6 is 11.6 Å². The smallest absolute Gasteiger partial charge is 0.265 e. The molecule has 3 rings (SSSR count). The van der Waals surface area contributed by atoms with Crippen LogP contribution in [0, 0.1) is 6.92 Å². The fourth-order valence-electron chi connectivity index (χ4n) is 2.62. The van der Waals surface area contributed by atoms with Gasteiger partial charge in [-0.05, 0) is 43.3 Å². The van der Waals surface area contributed by atoms with E-state index in [2.05, 4.69) is 4.99 Å². The molecular weight excluding hydrogens is 389 g/mol. The third-order valence-electron chi connectivity index (χ3n) is 3.96. The zero-order chi connectivity index (χ0) is 19.1. The first-order chi connectivity index (χ1) is 12.1. The van der Waals surface area contributed by atoms with Crippen molar-refractivity contribution in [2.24, 2.45) is 4.99 Å². The number of aryl methyl sites for hydroxylation is 1. The molecule has 0 aliphatic carbocycles. The maximum Gasteiger partial charge on any atom is 0.411 e. The van der Waals surface area contributed by atoms with E-state index in [4.69, 9.17) is 11.6 Å². The summed E-state index contributed by atoms with van der Waals surface area (Å²) in [5.41, 5.74) is 1.04. The van der Waals surface area contributed by atoms with Crippen molar-refractivity contribution in [1.29, 1.82) is 0 Å². The van der Waals surface area contributed by atoms with Crippen molar-refractivity contribution >= 4 is 27.5 Å². The Balaban J connectivity index is 2.11. The van der Waals surface area contributed by atoms with Gasteiger partial charge >= 0.3 is 6.18 Å². The predicted molar refractivity (Wildman–Crippen MR) is 92.9 cm³/mol. The first-order valence-corrected chi connectivity index (χ1v) is 9.41. The molecule has 0 fully saturated rings. The molecule has 0 radical (unpaired) electrons. The molecule has 0 spiro atoms. The number of hydrogen-bond acceptors (Lipinski definition) is 3. The molecule has 1 aliphatic heterocycles. The molecule has 0 amide bonds. The molecule has 2 aromatic rings. The lowest BCUT2D eigenvalue weighted by molar-refractivity contribution is -0.159. The highest BCUT2D eigenvalue weighted by Gasteiger charge is 2.52. The van der Waals surface area contributed by atoms with E-state index in [0.717, 1.165) is 5.56 Å². The van der Waals surface area contributed by atoms with Gasteiger partial charge in [-0.3, -0.25) is 4.99 Å². The highest BCUT2D eigenvalue weighted by atomic mass is 35.5. The van der Waals surface area contributed by atoms with E-state index >= 15 is 0 Å². The third kappa shape index (κ3) is 3.43. The van der Waals surface area contributed by atoms with Gasteiger partial charge in [0.2, 0.25) is 0 Å². The molecule has 1 heterocycles. The predicted octanol–water partition coefficient (Wildman–Crippen LogP) is 4.03. The van der Waals surface area contributed by atoms with Gasteiger partial charge in [0, 0.05) is 10.6 Å². The van der Waals surface area contributed by atoms with Crippen LogP contribution in [0.4, 0.5) is 13.2 Å². The van der Waals surface area contributed by atoms with Crippen LogP contribution in [-0.2, 0) is 10.0 Å². The van der Waals surface area contributed by atoms with Crippen LogP contribution in [0.3, 0.4) is 0 Å². The fraction of sp³-hybridized carbons (Fsp3) is 0.235. The van der Waals surface area contributed by atoms with E-state index in [1.165, 1.54) is 48.5 Å². The van der Waals surface area contributed by atoms with E-state index in [0.29, 0.717) is 9.33 Å². The molecule has 138 valence electrons. The minimum absolute atomic E-state index is 0.221. The summed E-state index contributed by atoms with van der Waals surface area (Å²) < 4.78 is 66.7. The highest BCUT2D eigenvalue weighted by Crippen LogP contribution is 2.35. The Hall–Kier alpha value is -2.06. The Kier molecular flexibility index (Phi) is 4.74. The average molecular weight is 403 g/mol. The van der Waals surface area contributed by atoms with E-state index in [1.54, 1.807) is 6.92 Å². The van der Waals surface area contributed by atoms with Crippen molar-refractivity contribution in [3.8, 4) is 0 Å². The van der Waals surface area contributed by atoms with Gasteiger partial charge in [0.05, 0.1) is 11.4 Å². The number of amidine groups is 1. The Morgan fingerprint density at radius 1 is 1.08 bits per heavy atom. The maximum absolute atomic E-state index is 13.5. The molecule has 0 saturated heterocycles. The normalized spacial score (nSPS) is 18.1. The summed E-state index contributed by atoms with van der Waals surface area (Å²) >= 11 is 5.80. The topological polar surface area (TPSA) is 49.7 Å². The molecule has 26 heavy (non-hydrogen) atoms. The highest BCUT2D eigenvalue weighted by molar-refractivity contribution is 7.89. The minimum Gasteiger partial charge on any atom is -0.265 e. The van der Waals surface area contributed by atoms with Crippen LogP contribution in [0.1, 0.15) is 11.1 Å². The summed E-state index contributed by atoms with van der Waals surface area (Å²) in [7, 11) is -4.45. The van der Waals surface area contributed by atoms with Crippen molar-refractivity contribution in [3.05, 3.63) is 64.7 Å². The lowest BCUT2D eigenvalue weighted by Crippen LogP contribution is -2.49. The molecule has 9 heteroatoms. The molecule has 1 aliphatic rings. The number of nitrogens with zero attached hydrogens (tertiary/aromatic N) is 2. The zero-order valence-electron chi connectivity index (χ0n) is 13.5. The van der Waals surface area contributed by atoms with Gasteiger partial charge < -0.3 is 0 Å². The fourth-order valence-corrected chi connectivity index (χ4v) is 4.37. The molecule has 4 nitrogen and oxygen atoms in total. The summed E-state index contributed by atoms with van der Waals surface area (Å²) in [6.07, 6.45) is -4.75. The number of hydrogen-bond donors (Lipinski definition) is 0. The monoisotopic (exact) mass is 402 g/mol. The molecule has 0 N–H and O–H groups in total. The Morgan fingerprint density at radius 2 is 1.65 bits per heavy atom. The van der Waals surface area contributed by atoms with Crippen molar-refractivity contribution < 1.29 is 21.6 Å². The van der Waals surface area contributed by atoms with E-state index < -0.39 is 28.8 Å². The van der Waals surface area contributed by atoms with Crippen LogP contribution < -0.4 is 0 Å². The van der Waals surface area contributed by atoms with Crippen LogP contribution in [0.25, 0.3) is 0 Å². The summed E-state index contributed by atoms with van der Waals surface area (Å²) in [6, 6.07) is 9.21.